The summed E-state index contributed by atoms with van der Waals surface area (Å²) in [7, 11) is -3.36. The van der Waals surface area contributed by atoms with E-state index >= 15 is 0 Å². The minimum Gasteiger partial charge on any atom is -0.439 e. The van der Waals surface area contributed by atoms with Crippen LogP contribution < -0.4 is 19.7 Å². The van der Waals surface area contributed by atoms with Gasteiger partial charge >= 0.3 is 6.03 Å². The van der Waals surface area contributed by atoms with Crippen molar-refractivity contribution in [3.05, 3.63) is 108 Å². The molecule has 0 aliphatic carbocycles. The molecule has 0 atom stereocenters. The number of carbonyl (C=O) groups excluding carboxylic acids is 1. The zero-order valence-corrected chi connectivity index (χ0v) is 24.2. The number of carbonyl (C=O) groups is 1. The van der Waals surface area contributed by atoms with Crippen molar-refractivity contribution in [3.8, 4) is 11.6 Å². The number of aromatic nitrogens is 1. The summed E-state index contributed by atoms with van der Waals surface area (Å²) in [5.41, 5.74) is 2.34. The van der Waals surface area contributed by atoms with Crippen LogP contribution in [0.4, 0.5) is 30.6 Å². The normalized spacial score (nSPS) is 14.2. The van der Waals surface area contributed by atoms with Gasteiger partial charge in [-0.05, 0) is 85.1 Å². The Morgan fingerprint density at radius 1 is 0.953 bits per heavy atom. The van der Waals surface area contributed by atoms with Crippen LogP contribution in [0.5, 0.6) is 11.6 Å². The summed E-state index contributed by atoms with van der Waals surface area (Å²) in [5, 5.41) is 2.81. The Kier molecular flexibility index (Phi) is 9.17. The number of rotatable bonds is 9. The van der Waals surface area contributed by atoms with E-state index in [2.05, 4.69) is 19.9 Å². The van der Waals surface area contributed by atoms with Crippen LogP contribution in [0.2, 0.25) is 0 Å². The molecule has 0 unspecified atom stereocenters. The molecule has 224 valence electrons. The Hall–Kier alpha value is -4.55. The second-order valence-electron chi connectivity index (χ2n) is 10.3. The van der Waals surface area contributed by atoms with Crippen LogP contribution in [0, 0.1) is 11.6 Å². The molecular formula is C31H31F2N5O4S. The number of hydrogen-bond acceptors (Lipinski definition) is 6. The standard InChI is InChI=1S/C31H31F2N5O4S/c1-43(40,41)36-26-10-12-29(13-11-26)42-30-14-5-22(20-34-30)21-37-17-15-27(16-18-37)38(28-4-2-3-24(33)19-28)31(39)35-25-8-6-23(32)7-9-25/h2-14,19-20,27,36H,15-18,21H2,1H3,(H,35,39). The lowest BCUT2D eigenvalue weighted by atomic mass is 10.0. The predicted octanol–water partition coefficient (Wildman–Crippen LogP) is 6.23. The molecular weight excluding hydrogens is 576 g/mol. The molecule has 0 saturated carbocycles. The van der Waals surface area contributed by atoms with Crippen molar-refractivity contribution in [3.63, 3.8) is 0 Å². The van der Waals surface area contributed by atoms with Crippen molar-refractivity contribution in [2.24, 2.45) is 0 Å². The number of halogens is 2. The van der Waals surface area contributed by atoms with E-state index < -0.39 is 27.7 Å². The van der Waals surface area contributed by atoms with Crippen molar-refractivity contribution in [2.45, 2.75) is 25.4 Å². The summed E-state index contributed by atoms with van der Waals surface area (Å²) in [6.07, 6.45) is 4.18. The summed E-state index contributed by atoms with van der Waals surface area (Å²) >= 11 is 0. The van der Waals surface area contributed by atoms with E-state index in [4.69, 9.17) is 4.74 Å². The zero-order chi connectivity index (χ0) is 30.4. The summed E-state index contributed by atoms with van der Waals surface area (Å²) in [5.74, 6) is 0.0908. The number of amides is 2. The third kappa shape index (κ3) is 8.49. The van der Waals surface area contributed by atoms with Gasteiger partial charge in [0.2, 0.25) is 15.9 Å². The molecule has 43 heavy (non-hydrogen) atoms. The first-order chi connectivity index (χ1) is 20.6. The highest BCUT2D eigenvalue weighted by Crippen LogP contribution is 2.27. The van der Waals surface area contributed by atoms with Gasteiger partial charge < -0.3 is 10.1 Å². The van der Waals surface area contributed by atoms with Crippen LogP contribution >= 0.6 is 0 Å². The Labute approximate surface area is 249 Å². The summed E-state index contributed by atoms with van der Waals surface area (Å²) in [6.45, 7) is 2.09. The van der Waals surface area contributed by atoms with Gasteiger partial charge in [0.15, 0.2) is 0 Å². The molecule has 1 saturated heterocycles. The first-order valence-electron chi connectivity index (χ1n) is 13.7. The Bertz CT molecular complexity index is 1650. The average molecular weight is 608 g/mol. The number of piperidine rings is 1. The first kappa shape index (κ1) is 29.9. The number of benzene rings is 3. The molecule has 1 fully saturated rings. The fourth-order valence-corrected chi connectivity index (χ4v) is 5.49. The number of hydrogen-bond donors (Lipinski definition) is 2. The Morgan fingerprint density at radius 2 is 1.65 bits per heavy atom. The maximum absolute atomic E-state index is 14.1. The number of nitrogens with one attached hydrogen (secondary N) is 2. The lowest BCUT2D eigenvalue weighted by Gasteiger charge is -2.38. The second kappa shape index (κ2) is 13.2. The molecule has 0 bridgehead atoms. The summed E-state index contributed by atoms with van der Waals surface area (Å²) < 4.78 is 58.4. The lowest BCUT2D eigenvalue weighted by Crippen LogP contribution is -2.49. The molecule has 12 heteroatoms. The summed E-state index contributed by atoms with van der Waals surface area (Å²) in [4.78, 5) is 21.6. The topological polar surface area (TPSA) is 104 Å². The van der Waals surface area contributed by atoms with Crippen LogP contribution in [0.25, 0.3) is 0 Å². The zero-order valence-electron chi connectivity index (χ0n) is 23.4. The van der Waals surface area contributed by atoms with Crippen LogP contribution in [-0.4, -0.2) is 49.7 Å². The van der Waals surface area contributed by atoms with E-state index in [9.17, 15) is 22.0 Å². The number of urea groups is 1. The maximum Gasteiger partial charge on any atom is 0.326 e. The minimum atomic E-state index is -3.36. The number of ether oxygens (including phenoxy) is 1. The van der Waals surface area contributed by atoms with Crippen molar-refractivity contribution in [2.75, 3.05) is 34.3 Å². The average Bonchev–Trinajstić information content (AvgIpc) is 2.97. The number of sulfonamides is 1. The van der Waals surface area contributed by atoms with Gasteiger partial charge in [-0.15, -0.1) is 0 Å². The van der Waals surface area contributed by atoms with Gasteiger partial charge in [-0.2, -0.15) is 0 Å². The van der Waals surface area contributed by atoms with E-state index in [1.54, 1.807) is 53.6 Å². The lowest BCUT2D eigenvalue weighted by molar-refractivity contribution is 0.199. The van der Waals surface area contributed by atoms with Gasteiger partial charge in [0.05, 0.1) is 6.26 Å². The van der Waals surface area contributed by atoms with E-state index in [-0.39, 0.29) is 6.04 Å². The molecule has 1 aliphatic rings. The highest BCUT2D eigenvalue weighted by molar-refractivity contribution is 7.92. The van der Waals surface area contributed by atoms with Gasteiger partial charge in [0.25, 0.3) is 0 Å². The van der Waals surface area contributed by atoms with Gasteiger partial charge in [-0.3, -0.25) is 14.5 Å². The molecule has 3 aromatic carbocycles. The number of anilines is 3. The van der Waals surface area contributed by atoms with E-state index in [1.807, 2.05) is 6.07 Å². The molecule has 1 aliphatic heterocycles. The molecule has 1 aromatic heterocycles. The monoisotopic (exact) mass is 607 g/mol. The summed E-state index contributed by atoms with van der Waals surface area (Å²) in [6, 6.07) is 21.1. The van der Waals surface area contributed by atoms with Crippen molar-refractivity contribution in [1.29, 1.82) is 0 Å². The quantitative estimate of drug-likeness (QED) is 0.234. The van der Waals surface area contributed by atoms with E-state index in [1.165, 1.54) is 36.4 Å². The van der Waals surface area contributed by atoms with Gasteiger partial charge in [0.1, 0.15) is 17.4 Å². The van der Waals surface area contributed by atoms with E-state index in [0.29, 0.717) is 61.2 Å². The minimum absolute atomic E-state index is 0.161. The predicted molar refractivity (Wildman–Crippen MR) is 162 cm³/mol. The van der Waals surface area contributed by atoms with Crippen molar-refractivity contribution < 1.29 is 26.7 Å². The molecule has 0 radical (unpaired) electrons. The molecule has 4 aromatic rings. The fraction of sp³-hybridized carbons (Fsp3) is 0.226. The number of likely N-dealkylation sites (tertiary alicyclic amines) is 1. The first-order valence-corrected chi connectivity index (χ1v) is 15.5. The van der Waals surface area contributed by atoms with E-state index in [0.717, 1.165) is 11.8 Å². The maximum atomic E-state index is 14.1. The molecule has 9 nitrogen and oxygen atoms in total. The second-order valence-corrected chi connectivity index (χ2v) is 12.0. The van der Waals surface area contributed by atoms with Crippen LogP contribution in [0.3, 0.4) is 0 Å². The number of pyridine rings is 1. The third-order valence-corrected chi connectivity index (χ3v) is 7.51. The van der Waals surface area contributed by atoms with Crippen LogP contribution in [0.15, 0.2) is 91.1 Å². The smallest absolute Gasteiger partial charge is 0.326 e. The Balaban J connectivity index is 1.18. The highest BCUT2D eigenvalue weighted by Gasteiger charge is 2.30. The fourth-order valence-electron chi connectivity index (χ4n) is 4.92. The molecule has 2 heterocycles. The van der Waals surface area contributed by atoms with Crippen LogP contribution in [0.1, 0.15) is 18.4 Å². The third-order valence-electron chi connectivity index (χ3n) is 6.91. The molecule has 2 amide bonds. The molecule has 5 rings (SSSR count). The number of nitrogens with zero attached hydrogens (tertiary/aromatic N) is 3. The van der Waals surface area contributed by atoms with Gasteiger partial charge in [-0.1, -0.05) is 12.1 Å². The largest absolute Gasteiger partial charge is 0.439 e. The molecule has 0 spiro atoms. The highest BCUT2D eigenvalue weighted by atomic mass is 32.2. The SMILES string of the molecule is CS(=O)(=O)Nc1ccc(Oc2ccc(CN3CCC(N(C(=O)Nc4ccc(F)cc4)c4cccc(F)c4)CC3)cn2)cc1. The van der Waals surface area contributed by atoms with Crippen molar-refractivity contribution >= 4 is 33.1 Å². The van der Waals surface area contributed by atoms with Gasteiger partial charge in [-0.25, -0.2) is 27.0 Å². The molecule has 2 N–H and O–H groups in total. The van der Waals surface area contributed by atoms with Crippen LogP contribution in [-0.2, 0) is 16.6 Å². The van der Waals surface area contributed by atoms with Crippen molar-refractivity contribution in [1.82, 2.24) is 9.88 Å². The Morgan fingerprint density at radius 3 is 2.28 bits per heavy atom. The van der Waals surface area contributed by atoms with Gasteiger partial charge in [0, 0.05) is 55.0 Å².